The van der Waals surface area contributed by atoms with Crippen LogP contribution in [-0.4, -0.2) is 8.42 Å². The van der Waals surface area contributed by atoms with Gasteiger partial charge in [-0.25, -0.2) is 5.14 Å². The molecule has 0 atom stereocenters. The second-order valence-corrected chi connectivity index (χ2v) is 2.33. The van der Waals surface area contributed by atoms with Crippen LogP contribution in [0.25, 0.3) is 0 Å². The van der Waals surface area contributed by atoms with Gasteiger partial charge in [0.1, 0.15) is 0 Å². The summed E-state index contributed by atoms with van der Waals surface area (Å²) < 4.78 is 20.4. The molecule has 0 amide bonds. The van der Waals surface area contributed by atoms with Crippen LogP contribution in [0.1, 0.15) is 0 Å². The maximum atomic E-state index is 9.53. The molecule has 3 N–H and O–H groups in total. The van der Waals surface area contributed by atoms with Crippen molar-refractivity contribution in [3.63, 3.8) is 0 Å². The minimum absolute atomic E-state index is 1.33. The maximum absolute atomic E-state index is 9.53. The second kappa shape index (κ2) is 1.74. The predicted molar refractivity (Wildman–Crippen MR) is 22.1 cm³/mol. The van der Waals surface area contributed by atoms with E-state index in [9.17, 15) is 8.42 Å². The number of hydrogen-bond donors (Lipinski definition) is 2. The second-order valence-electron chi connectivity index (χ2n) is 0.622. The molecule has 0 aliphatic rings. The third kappa shape index (κ3) is 4.16. The molecule has 0 unspecified atom stereocenters. The van der Waals surface area contributed by atoms with Crippen molar-refractivity contribution in [1.29, 1.82) is 0 Å². The first-order valence-electron chi connectivity index (χ1n) is 0.962. The lowest BCUT2D eigenvalue weighted by Crippen LogP contribution is -2.22. The monoisotopic (exact) mass is 130 g/mol. The molecule has 0 bridgehead atoms. The molecule has 0 aliphatic carbocycles. The van der Waals surface area contributed by atoms with Gasteiger partial charge in [-0.15, -0.1) is 4.24 Å². The highest BCUT2D eigenvalue weighted by molar-refractivity contribution is 7.88. The summed E-state index contributed by atoms with van der Waals surface area (Å²) in [6.07, 6.45) is 0. The van der Waals surface area contributed by atoms with Crippen molar-refractivity contribution in [3.8, 4) is 0 Å². The van der Waals surface area contributed by atoms with Crippen molar-refractivity contribution in [1.82, 2.24) is 4.24 Å². The largest absolute Gasteiger partial charge is 0.287 e. The Bertz CT molecular complexity index is 114. The van der Waals surface area contributed by atoms with Gasteiger partial charge < -0.3 is 0 Å². The maximum Gasteiger partial charge on any atom is 0.287 e. The van der Waals surface area contributed by atoms with Gasteiger partial charge >= 0.3 is 0 Å². The van der Waals surface area contributed by atoms with E-state index in [2.05, 4.69) is 16.9 Å². The Morgan fingerprint density at radius 3 is 1.83 bits per heavy atom. The summed E-state index contributed by atoms with van der Waals surface area (Å²) in [4.78, 5) is 0. The first-order valence-corrected chi connectivity index (χ1v) is 2.89. The lowest BCUT2D eigenvalue weighted by atomic mass is 13.9. The summed E-state index contributed by atoms with van der Waals surface area (Å²) in [5.41, 5.74) is 0. The fourth-order valence-corrected chi connectivity index (χ4v) is 0. The highest BCUT2D eigenvalue weighted by Gasteiger charge is 1.91. The fraction of sp³-hybridized carbons (Fsp3) is 0. The third-order valence-corrected chi connectivity index (χ3v) is 0.968. The highest BCUT2D eigenvalue weighted by atomic mass is 35.5. The molecule has 4 nitrogen and oxygen atoms in total. The van der Waals surface area contributed by atoms with E-state index in [0.717, 1.165) is 0 Å². The predicted octanol–water partition coefficient (Wildman–Crippen LogP) is -1.07. The SMILES string of the molecule is NS(=O)(=O)NCl. The number of nitrogens with one attached hydrogen (secondary N) is 1. The number of halogens is 1. The minimum Gasteiger partial charge on any atom is -0.215 e. The van der Waals surface area contributed by atoms with Crippen molar-refractivity contribution in [2.24, 2.45) is 5.14 Å². The van der Waals surface area contributed by atoms with Crippen LogP contribution in [0.4, 0.5) is 0 Å². The summed E-state index contributed by atoms with van der Waals surface area (Å²) in [5, 5.41) is 4.26. The molecule has 6 heavy (non-hydrogen) atoms. The highest BCUT2D eigenvalue weighted by Crippen LogP contribution is 1.65. The van der Waals surface area contributed by atoms with Gasteiger partial charge in [0.05, 0.1) is 0 Å². The summed E-state index contributed by atoms with van der Waals surface area (Å²) in [6, 6.07) is 0. The Kier molecular flexibility index (Phi) is 1.79. The summed E-state index contributed by atoms with van der Waals surface area (Å²) in [7, 11) is -3.65. The molecule has 0 rings (SSSR count). The van der Waals surface area contributed by atoms with E-state index < -0.39 is 10.2 Å². The van der Waals surface area contributed by atoms with Gasteiger partial charge in [-0.3, -0.25) is 0 Å². The van der Waals surface area contributed by atoms with Crippen molar-refractivity contribution >= 4 is 22.0 Å². The smallest absolute Gasteiger partial charge is 0.215 e. The van der Waals surface area contributed by atoms with E-state index in [1.807, 2.05) is 0 Å². The average Bonchev–Trinajstić information content (AvgIpc) is 1.35. The molecule has 0 spiro atoms. The zero-order valence-corrected chi connectivity index (χ0v) is 4.25. The summed E-state index contributed by atoms with van der Waals surface area (Å²) in [5.74, 6) is 0. The van der Waals surface area contributed by atoms with E-state index in [4.69, 9.17) is 0 Å². The van der Waals surface area contributed by atoms with Crippen LogP contribution in [-0.2, 0) is 10.2 Å². The average molecular weight is 131 g/mol. The van der Waals surface area contributed by atoms with Gasteiger partial charge in [-0.05, 0) is 11.8 Å². The van der Waals surface area contributed by atoms with Crippen molar-refractivity contribution < 1.29 is 8.42 Å². The van der Waals surface area contributed by atoms with Crippen LogP contribution in [0.5, 0.6) is 0 Å². The molecule has 0 fully saturated rings. The topological polar surface area (TPSA) is 72.2 Å². The van der Waals surface area contributed by atoms with Gasteiger partial charge in [0, 0.05) is 0 Å². The molecule has 0 heterocycles. The van der Waals surface area contributed by atoms with Gasteiger partial charge in [0.25, 0.3) is 10.2 Å². The Morgan fingerprint density at radius 2 is 1.83 bits per heavy atom. The van der Waals surface area contributed by atoms with Crippen LogP contribution < -0.4 is 9.38 Å². The summed E-state index contributed by atoms with van der Waals surface area (Å²) >= 11 is 4.51. The molecular formula is H3ClN2O2S. The number of rotatable bonds is 1. The molecule has 0 radical (unpaired) electrons. The first kappa shape index (κ1) is 6.16. The van der Waals surface area contributed by atoms with E-state index >= 15 is 0 Å². The van der Waals surface area contributed by atoms with Gasteiger partial charge in [0.2, 0.25) is 0 Å². The Hall–Kier alpha value is 0.160. The zero-order valence-electron chi connectivity index (χ0n) is 2.68. The minimum atomic E-state index is -3.65. The molecule has 6 heteroatoms. The summed E-state index contributed by atoms with van der Waals surface area (Å²) in [6.45, 7) is 0. The van der Waals surface area contributed by atoms with Gasteiger partial charge in [0.15, 0.2) is 0 Å². The third-order valence-electron chi connectivity index (χ3n) is 0.108. The normalized spacial score (nSPS) is 11.7. The van der Waals surface area contributed by atoms with Crippen molar-refractivity contribution in [3.05, 3.63) is 0 Å². The Labute approximate surface area is 40.6 Å². The first-order chi connectivity index (χ1) is 2.56. The lowest BCUT2D eigenvalue weighted by Gasteiger charge is -1.82. The lowest BCUT2D eigenvalue weighted by molar-refractivity contribution is 0.596. The van der Waals surface area contributed by atoms with E-state index in [0.29, 0.717) is 0 Å². The molecule has 0 saturated carbocycles. The quantitative estimate of drug-likeness (QED) is 0.444. The number of nitrogens with two attached hydrogens (primary N) is 1. The van der Waals surface area contributed by atoms with Crippen LogP contribution in [0.15, 0.2) is 0 Å². The fourth-order valence-electron chi connectivity index (χ4n) is 0. The standard InChI is InChI=1S/ClH3N2O2S/c1-3-6(2,4)5/h3H,(H2,2,4,5). The number of hydrogen-bond acceptors (Lipinski definition) is 2. The Balaban J connectivity index is 3.85. The van der Waals surface area contributed by atoms with E-state index in [-0.39, 0.29) is 0 Å². The van der Waals surface area contributed by atoms with Crippen LogP contribution in [0.2, 0.25) is 0 Å². The van der Waals surface area contributed by atoms with Crippen molar-refractivity contribution in [2.45, 2.75) is 0 Å². The molecule has 0 aliphatic heterocycles. The van der Waals surface area contributed by atoms with Crippen LogP contribution >= 0.6 is 11.8 Å². The molecule has 0 aromatic heterocycles. The van der Waals surface area contributed by atoms with Gasteiger partial charge in [-0.1, -0.05) is 0 Å². The van der Waals surface area contributed by atoms with Crippen LogP contribution in [0.3, 0.4) is 0 Å². The van der Waals surface area contributed by atoms with E-state index in [1.54, 1.807) is 0 Å². The molecule has 0 saturated heterocycles. The molecule has 38 valence electrons. The van der Waals surface area contributed by atoms with Crippen molar-refractivity contribution in [2.75, 3.05) is 0 Å². The Morgan fingerprint density at radius 1 is 1.67 bits per heavy atom. The van der Waals surface area contributed by atoms with E-state index in [1.165, 1.54) is 4.24 Å². The molecule has 0 aromatic carbocycles. The molecule has 0 aromatic rings. The zero-order chi connectivity index (χ0) is 5.21. The van der Waals surface area contributed by atoms with Gasteiger partial charge in [-0.2, -0.15) is 8.42 Å². The van der Waals surface area contributed by atoms with Crippen LogP contribution in [0, 0.1) is 0 Å². The molecular weight excluding hydrogens is 128 g/mol.